The van der Waals surface area contributed by atoms with Crippen LogP contribution in [0.4, 0.5) is 0 Å². The minimum atomic E-state index is 0.481. The van der Waals surface area contributed by atoms with Crippen molar-refractivity contribution in [3.05, 3.63) is 15.3 Å². The summed E-state index contributed by atoms with van der Waals surface area (Å²) in [5.74, 6) is 1.56. The quantitative estimate of drug-likeness (QED) is 0.798. The predicted molar refractivity (Wildman–Crippen MR) is 59.1 cm³/mol. The van der Waals surface area contributed by atoms with E-state index in [2.05, 4.69) is 19.6 Å². The second kappa shape index (κ2) is 4.52. The molecule has 0 fully saturated rings. The first kappa shape index (κ1) is 10.3. The molecular weight excluding hydrogens is 260 g/mol. The number of aromatic nitrogens is 4. The summed E-state index contributed by atoms with van der Waals surface area (Å²) in [6, 6.07) is 0. The van der Waals surface area contributed by atoms with Gasteiger partial charge in [0.05, 0.1) is 5.75 Å². The van der Waals surface area contributed by atoms with E-state index in [4.69, 9.17) is 11.6 Å². The molecule has 4 nitrogen and oxygen atoms in total. The normalized spacial score (nSPS) is 10.7. The summed E-state index contributed by atoms with van der Waals surface area (Å²) in [7, 11) is 0. The van der Waals surface area contributed by atoms with Crippen molar-refractivity contribution in [3.8, 4) is 0 Å². The maximum atomic E-state index is 5.66. The molecule has 2 aromatic rings. The van der Waals surface area contributed by atoms with Crippen molar-refractivity contribution >= 4 is 46.2 Å². The van der Waals surface area contributed by atoms with Gasteiger partial charge in [0, 0.05) is 0 Å². The number of nitrogens with zero attached hydrogens (tertiary/aromatic N) is 4. The van der Waals surface area contributed by atoms with E-state index in [0.29, 0.717) is 4.47 Å². The fourth-order valence-electron chi connectivity index (χ4n) is 0.752. The molecular formula is C6H5ClN4S3. The average molecular weight is 265 g/mol. The Kier molecular flexibility index (Phi) is 3.32. The van der Waals surface area contributed by atoms with E-state index in [1.807, 2.05) is 6.92 Å². The molecule has 0 unspecified atom stereocenters. The first-order chi connectivity index (χ1) is 6.74. The van der Waals surface area contributed by atoms with E-state index < -0.39 is 0 Å². The lowest BCUT2D eigenvalue weighted by atomic mass is 10.8. The summed E-state index contributed by atoms with van der Waals surface area (Å²) in [4.78, 5) is 4.23. The van der Waals surface area contributed by atoms with Gasteiger partial charge in [-0.1, -0.05) is 23.1 Å². The van der Waals surface area contributed by atoms with Gasteiger partial charge in [-0.3, -0.25) is 0 Å². The number of halogens is 1. The first-order valence-corrected chi connectivity index (χ1v) is 6.60. The summed E-state index contributed by atoms with van der Waals surface area (Å²) in [5.41, 5.74) is 0. The Morgan fingerprint density at radius 3 is 2.86 bits per heavy atom. The summed E-state index contributed by atoms with van der Waals surface area (Å²) in [6.07, 6.45) is 0. The van der Waals surface area contributed by atoms with Gasteiger partial charge in [0.15, 0.2) is 4.34 Å². The van der Waals surface area contributed by atoms with Crippen molar-refractivity contribution < 1.29 is 0 Å². The molecule has 0 aliphatic rings. The van der Waals surface area contributed by atoms with Crippen LogP contribution in [-0.4, -0.2) is 19.6 Å². The molecule has 0 aliphatic carbocycles. The van der Waals surface area contributed by atoms with Crippen LogP contribution in [0.5, 0.6) is 0 Å². The van der Waals surface area contributed by atoms with Crippen LogP contribution < -0.4 is 0 Å². The molecule has 0 amide bonds. The summed E-state index contributed by atoms with van der Waals surface area (Å²) in [5, 5.41) is 8.54. The van der Waals surface area contributed by atoms with Gasteiger partial charge < -0.3 is 0 Å². The molecule has 0 atom stereocenters. The molecule has 8 heteroatoms. The van der Waals surface area contributed by atoms with Gasteiger partial charge in [0.25, 0.3) is 0 Å². The Morgan fingerprint density at radius 2 is 2.29 bits per heavy atom. The highest BCUT2D eigenvalue weighted by atomic mass is 35.5. The third-order valence-electron chi connectivity index (χ3n) is 1.27. The maximum Gasteiger partial charge on any atom is 0.207 e. The minimum Gasteiger partial charge on any atom is -0.213 e. The highest BCUT2D eigenvalue weighted by molar-refractivity contribution is 8.00. The highest BCUT2D eigenvalue weighted by Gasteiger charge is 2.05. The topological polar surface area (TPSA) is 51.6 Å². The number of thioether (sulfide) groups is 1. The second-order valence-electron chi connectivity index (χ2n) is 2.34. The van der Waals surface area contributed by atoms with Crippen molar-refractivity contribution in [1.82, 2.24) is 19.6 Å². The molecule has 74 valence electrons. The number of hydrogen-bond donors (Lipinski definition) is 0. The van der Waals surface area contributed by atoms with Crippen molar-refractivity contribution in [2.45, 2.75) is 17.0 Å². The third-order valence-corrected chi connectivity index (χ3v) is 4.41. The van der Waals surface area contributed by atoms with E-state index in [0.717, 1.165) is 20.9 Å². The number of aryl methyl sites for hydroxylation is 1. The average Bonchev–Trinajstić information content (AvgIpc) is 2.72. The smallest absolute Gasteiger partial charge is 0.207 e. The summed E-state index contributed by atoms with van der Waals surface area (Å²) >= 11 is 10.1. The number of hydrogen-bond acceptors (Lipinski definition) is 7. The molecule has 0 radical (unpaired) electrons. The van der Waals surface area contributed by atoms with E-state index in [1.165, 1.54) is 22.9 Å². The van der Waals surface area contributed by atoms with E-state index >= 15 is 0 Å². The van der Waals surface area contributed by atoms with Gasteiger partial charge in [-0.25, -0.2) is 4.98 Å². The third kappa shape index (κ3) is 2.63. The molecule has 0 bridgehead atoms. The zero-order valence-electron chi connectivity index (χ0n) is 7.10. The molecule has 2 aromatic heterocycles. The van der Waals surface area contributed by atoms with E-state index in [-0.39, 0.29) is 0 Å². The van der Waals surface area contributed by atoms with Crippen LogP contribution in [0.2, 0.25) is 4.47 Å². The minimum absolute atomic E-state index is 0.481. The summed E-state index contributed by atoms with van der Waals surface area (Å²) in [6.45, 7) is 1.88. The van der Waals surface area contributed by atoms with Crippen LogP contribution >= 0.6 is 46.2 Å². The van der Waals surface area contributed by atoms with Crippen LogP contribution in [0, 0.1) is 6.92 Å². The summed E-state index contributed by atoms with van der Waals surface area (Å²) < 4.78 is 5.52. The largest absolute Gasteiger partial charge is 0.213 e. The van der Waals surface area contributed by atoms with Gasteiger partial charge in [0.1, 0.15) is 10.8 Å². The van der Waals surface area contributed by atoms with Gasteiger partial charge in [-0.2, -0.15) is 4.37 Å². The SMILES string of the molecule is Cc1nsc(SCc2nnc(Cl)s2)n1. The molecule has 0 saturated carbocycles. The standard InChI is InChI=1S/C6H5ClN4S3/c1-3-8-6(14-11-3)12-2-4-9-10-5(7)13-4/h2H2,1H3. The Hall–Kier alpha value is -0.240. The van der Waals surface area contributed by atoms with Crippen LogP contribution in [0.25, 0.3) is 0 Å². The monoisotopic (exact) mass is 264 g/mol. The lowest BCUT2D eigenvalue weighted by Crippen LogP contribution is -1.79. The van der Waals surface area contributed by atoms with Crippen molar-refractivity contribution in [2.75, 3.05) is 0 Å². The molecule has 2 rings (SSSR count). The van der Waals surface area contributed by atoms with Crippen molar-refractivity contribution in [2.24, 2.45) is 0 Å². The highest BCUT2D eigenvalue weighted by Crippen LogP contribution is 2.26. The second-order valence-corrected chi connectivity index (χ2v) is 5.96. The van der Waals surface area contributed by atoms with Crippen molar-refractivity contribution in [3.63, 3.8) is 0 Å². The first-order valence-electron chi connectivity index (χ1n) is 3.65. The fourth-order valence-corrected chi connectivity index (χ4v) is 3.25. The Labute approximate surface area is 97.9 Å². The maximum absolute atomic E-state index is 5.66. The number of rotatable bonds is 3. The molecule has 0 saturated heterocycles. The molecule has 0 aliphatic heterocycles. The van der Waals surface area contributed by atoms with Gasteiger partial charge in [-0.05, 0) is 30.1 Å². The van der Waals surface area contributed by atoms with Gasteiger partial charge in [0.2, 0.25) is 4.47 Å². The molecule has 0 N–H and O–H groups in total. The lowest BCUT2D eigenvalue weighted by molar-refractivity contribution is 1.04. The molecule has 0 spiro atoms. The lowest BCUT2D eigenvalue weighted by Gasteiger charge is -1.89. The van der Waals surface area contributed by atoms with E-state index in [1.54, 1.807) is 11.8 Å². The van der Waals surface area contributed by atoms with E-state index in [9.17, 15) is 0 Å². The van der Waals surface area contributed by atoms with Crippen LogP contribution in [0.3, 0.4) is 0 Å². The zero-order chi connectivity index (χ0) is 9.97. The van der Waals surface area contributed by atoms with Crippen LogP contribution in [-0.2, 0) is 5.75 Å². The van der Waals surface area contributed by atoms with Crippen molar-refractivity contribution in [1.29, 1.82) is 0 Å². The zero-order valence-corrected chi connectivity index (χ0v) is 10.3. The van der Waals surface area contributed by atoms with Gasteiger partial charge >= 0.3 is 0 Å². The molecule has 2 heterocycles. The van der Waals surface area contributed by atoms with Gasteiger partial charge in [-0.15, -0.1) is 10.2 Å². The van der Waals surface area contributed by atoms with Crippen LogP contribution in [0.15, 0.2) is 4.34 Å². The Balaban J connectivity index is 1.94. The van der Waals surface area contributed by atoms with Crippen LogP contribution in [0.1, 0.15) is 10.8 Å². The molecule has 14 heavy (non-hydrogen) atoms. The predicted octanol–water partition coefficient (Wildman–Crippen LogP) is 2.64. The fraction of sp³-hybridized carbons (Fsp3) is 0.333. The Morgan fingerprint density at radius 1 is 1.43 bits per heavy atom. The molecule has 0 aromatic carbocycles. The Bertz CT molecular complexity index is 386.